The first-order chi connectivity index (χ1) is 14.6. The number of nitrogens with zero attached hydrogens (tertiary/aromatic N) is 3. The van der Waals surface area contributed by atoms with Gasteiger partial charge in [0.15, 0.2) is 5.58 Å². The number of hydrogen-bond acceptors (Lipinski definition) is 8. The fourth-order valence-corrected chi connectivity index (χ4v) is 2.91. The zero-order valence-electron chi connectivity index (χ0n) is 16.1. The van der Waals surface area contributed by atoms with Crippen LogP contribution in [0.5, 0.6) is 0 Å². The summed E-state index contributed by atoms with van der Waals surface area (Å²) in [7, 11) is 0. The summed E-state index contributed by atoms with van der Waals surface area (Å²) in [5.74, 6) is -0.760. The third-order valence-electron chi connectivity index (χ3n) is 4.33. The molecular weight excluding hydrogens is 388 g/mol. The molecule has 2 heterocycles. The summed E-state index contributed by atoms with van der Waals surface area (Å²) in [5, 5.41) is 11.3. The predicted molar refractivity (Wildman–Crippen MR) is 105 cm³/mol. The number of nitrogens with one attached hydrogen (secondary N) is 1. The molecule has 0 saturated carbocycles. The second-order valence-corrected chi connectivity index (χ2v) is 6.42. The fraction of sp³-hybridized carbons (Fsp3) is 0.190. The van der Waals surface area contributed by atoms with Crippen LogP contribution < -0.4 is 5.32 Å². The van der Waals surface area contributed by atoms with E-state index in [1.54, 1.807) is 31.2 Å². The molecule has 0 bridgehead atoms. The van der Waals surface area contributed by atoms with E-state index in [1.807, 2.05) is 24.3 Å². The summed E-state index contributed by atoms with van der Waals surface area (Å²) in [5.41, 5.74) is 2.71. The Morgan fingerprint density at radius 1 is 1.07 bits per heavy atom. The van der Waals surface area contributed by atoms with E-state index >= 15 is 0 Å². The summed E-state index contributed by atoms with van der Waals surface area (Å²) in [6.45, 7) is 2.23. The number of carbonyl (C=O) groups excluding carboxylic acids is 2. The number of para-hydroxylation sites is 1. The number of fused-ring (bicyclic) bond motifs is 1. The number of ether oxygens (including phenoxy) is 1. The highest BCUT2D eigenvalue weighted by molar-refractivity contribution is 5.86. The number of esters is 1. The van der Waals surface area contributed by atoms with Crippen molar-refractivity contribution in [3.8, 4) is 11.5 Å². The Morgan fingerprint density at radius 2 is 1.93 bits per heavy atom. The van der Waals surface area contributed by atoms with Gasteiger partial charge in [0.2, 0.25) is 5.91 Å². The third kappa shape index (κ3) is 4.19. The van der Waals surface area contributed by atoms with E-state index < -0.39 is 5.97 Å². The Hall–Kier alpha value is -4.01. The summed E-state index contributed by atoms with van der Waals surface area (Å²) >= 11 is 0. The molecule has 0 spiro atoms. The van der Waals surface area contributed by atoms with Crippen molar-refractivity contribution in [3.05, 3.63) is 65.6 Å². The van der Waals surface area contributed by atoms with Crippen molar-refractivity contribution >= 4 is 22.8 Å². The monoisotopic (exact) mass is 406 g/mol. The van der Waals surface area contributed by atoms with E-state index in [4.69, 9.17) is 13.8 Å². The van der Waals surface area contributed by atoms with Crippen molar-refractivity contribution in [1.82, 2.24) is 20.6 Å². The molecule has 4 rings (SSSR count). The number of rotatable bonds is 7. The molecule has 1 N–H and O–H groups in total. The molecule has 152 valence electrons. The number of carbonyl (C=O) groups is 2. The van der Waals surface area contributed by atoms with Gasteiger partial charge >= 0.3 is 5.97 Å². The van der Waals surface area contributed by atoms with Gasteiger partial charge in [-0.2, -0.15) is 4.98 Å². The van der Waals surface area contributed by atoms with E-state index in [9.17, 15) is 9.59 Å². The average molecular weight is 406 g/mol. The van der Waals surface area contributed by atoms with Gasteiger partial charge < -0.3 is 19.1 Å². The highest BCUT2D eigenvalue weighted by Gasteiger charge is 2.17. The van der Waals surface area contributed by atoms with Gasteiger partial charge in [0.25, 0.3) is 11.7 Å². The molecule has 1 amide bonds. The average Bonchev–Trinajstić information content (AvgIpc) is 3.41. The lowest BCUT2D eigenvalue weighted by Crippen LogP contribution is -2.24. The van der Waals surface area contributed by atoms with E-state index in [2.05, 4.69) is 20.6 Å². The van der Waals surface area contributed by atoms with Gasteiger partial charge in [0, 0.05) is 17.5 Å². The van der Waals surface area contributed by atoms with Crippen molar-refractivity contribution in [3.63, 3.8) is 0 Å². The van der Waals surface area contributed by atoms with Crippen molar-refractivity contribution in [2.45, 2.75) is 19.9 Å². The molecule has 0 aliphatic rings. The van der Waals surface area contributed by atoms with Gasteiger partial charge in [-0.1, -0.05) is 29.4 Å². The molecule has 4 aromatic rings. The Kier molecular flexibility index (Phi) is 5.51. The Labute approximate surface area is 171 Å². The summed E-state index contributed by atoms with van der Waals surface area (Å²) in [4.78, 5) is 28.1. The van der Waals surface area contributed by atoms with Crippen molar-refractivity contribution in [2.75, 3.05) is 6.61 Å². The fourth-order valence-electron chi connectivity index (χ4n) is 2.91. The van der Waals surface area contributed by atoms with Gasteiger partial charge in [-0.15, -0.1) is 0 Å². The molecule has 9 nitrogen and oxygen atoms in total. The molecule has 2 aromatic carbocycles. The third-order valence-corrected chi connectivity index (χ3v) is 4.33. The SMILES string of the molecule is CCOC(=O)c1noc(-c2cccc(CNC(=O)Cc3noc4ccccc34)c2)n1. The maximum Gasteiger partial charge on any atom is 0.379 e. The summed E-state index contributed by atoms with van der Waals surface area (Å²) < 4.78 is 15.2. The van der Waals surface area contributed by atoms with E-state index in [0.29, 0.717) is 23.4 Å². The molecule has 30 heavy (non-hydrogen) atoms. The number of amides is 1. The van der Waals surface area contributed by atoms with Crippen LogP contribution in [0.15, 0.2) is 57.6 Å². The number of aromatic nitrogens is 3. The zero-order valence-corrected chi connectivity index (χ0v) is 16.1. The largest absolute Gasteiger partial charge is 0.460 e. The standard InChI is InChI=1S/C21H18N4O5/c1-2-28-21(27)19-23-20(30-25-19)14-7-5-6-13(10-14)12-22-18(26)11-16-15-8-3-4-9-17(15)29-24-16/h3-10H,2,11-12H2,1H3,(H,22,26). The van der Waals surface area contributed by atoms with Crippen LogP contribution in [0.1, 0.15) is 28.8 Å². The topological polar surface area (TPSA) is 120 Å². The van der Waals surface area contributed by atoms with E-state index in [-0.39, 0.29) is 30.7 Å². The molecule has 2 aromatic heterocycles. The summed E-state index contributed by atoms with van der Waals surface area (Å²) in [6.07, 6.45) is 0.114. The summed E-state index contributed by atoms with van der Waals surface area (Å²) in [6, 6.07) is 14.6. The molecule has 0 aliphatic heterocycles. The lowest BCUT2D eigenvalue weighted by molar-refractivity contribution is -0.120. The Balaban J connectivity index is 1.40. The quantitative estimate of drug-likeness (QED) is 0.465. The van der Waals surface area contributed by atoms with Crippen LogP contribution in [-0.2, 0) is 22.5 Å². The molecule has 0 atom stereocenters. The van der Waals surface area contributed by atoms with Crippen LogP contribution in [0.3, 0.4) is 0 Å². The maximum absolute atomic E-state index is 12.3. The minimum Gasteiger partial charge on any atom is -0.460 e. The molecule has 0 radical (unpaired) electrons. The minimum absolute atomic E-state index is 0.114. The zero-order chi connectivity index (χ0) is 20.9. The van der Waals surface area contributed by atoms with Crippen LogP contribution in [0.25, 0.3) is 22.4 Å². The smallest absolute Gasteiger partial charge is 0.379 e. The van der Waals surface area contributed by atoms with Crippen LogP contribution in [0, 0.1) is 0 Å². The van der Waals surface area contributed by atoms with E-state index in [0.717, 1.165) is 10.9 Å². The molecule has 0 fully saturated rings. The molecule has 9 heteroatoms. The first-order valence-corrected chi connectivity index (χ1v) is 9.34. The molecular formula is C21H18N4O5. The highest BCUT2D eigenvalue weighted by atomic mass is 16.5. The van der Waals surface area contributed by atoms with Crippen molar-refractivity contribution < 1.29 is 23.4 Å². The van der Waals surface area contributed by atoms with Gasteiger partial charge in [0.1, 0.15) is 5.69 Å². The first-order valence-electron chi connectivity index (χ1n) is 9.34. The highest BCUT2D eigenvalue weighted by Crippen LogP contribution is 2.20. The van der Waals surface area contributed by atoms with Crippen molar-refractivity contribution in [1.29, 1.82) is 0 Å². The molecule has 0 saturated heterocycles. The van der Waals surface area contributed by atoms with Gasteiger partial charge in [-0.3, -0.25) is 4.79 Å². The molecule has 0 aliphatic carbocycles. The van der Waals surface area contributed by atoms with Gasteiger partial charge in [-0.05, 0) is 41.9 Å². The van der Waals surface area contributed by atoms with Crippen LogP contribution in [0.4, 0.5) is 0 Å². The lowest BCUT2D eigenvalue weighted by atomic mass is 10.1. The van der Waals surface area contributed by atoms with Crippen LogP contribution in [-0.4, -0.2) is 33.8 Å². The minimum atomic E-state index is -0.642. The molecule has 0 unspecified atom stereocenters. The first kappa shape index (κ1) is 19.3. The lowest BCUT2D eigenvalue weighted by Gasteiger charge is -2.05. The van der Waals surface area contributed by atoms with Gasteiger partial charge in [-0.25, -0.2) is 4.79 Å². The van der Waals surface area contributed by atoms with Crippen molar-refractivity contribution in [2.24, 2.45) is 0 Å². The van der Waals surface area contributed by atoms with E-state index in [1.165, 1.54) is 0 Å². The van der Waals surface area contributed by atoms with Crippen LogP contribution >= 0.6 is 0 Å². The second kappa shape index (κ2) is 8.56. The van der Waals surface area contributed by atoms with Gasteiger partial charge in [0.05, 0.1) is 13.0 Å². The Morgan fingerprint density at radius 3 is 2.80 bits per heavy atom. The normalized spacial score (nSPS) is 10.8. The number of hydrogen-bond donors (Lipinski definition) is 1. The predicted octanol–water partition coefficient (Wildman–Crippen LogP) is 2.91. The maximum atomic E-state index is 12.3. The second-order valence-electron chi connectivity index (χ2n) is 6.42. The number of benzene rings is 2. The Bertz CT molecular complexity index is 1200. The van der Waals surface area contributed by atoms with Crippen LogP contribution in [0.2, 0.25) is 0 Å².